The summed E-state index contributed by atoms with van der Waals surface area (Å²) in [5, 5.41) is 3.61. The summed E-state index contributed by atoms with van der Waals surface area (Å²) in [7, 11) is 1.50. The Morgan fingerprint density at radius 1 is 1.30 bits per heavy atom. The molecular formula is C14H13NO4S. The average Bonchev–Trinajstić information content (AvgIpc) is 2.94. The van der Waals surface area contributed by atoms with Crippen molar-refractivity contribution in [3.63, 3.8) is 0 Å². The number of amides is 1. The molecule has 1 amide bonds. The number of ether oxygens (including phenoxy) is 2. The van der Waals surface area contributed by atoms with Crippen molar-refractivity contribution < 1.29 is 19.1 Å². The second kappa shape index (κ2) is 6.21. The number of Topliss-reactive ketones (excluding diaryl/α,β-unsaturated/α-hetero) is 1. The second-order valence-electron chi connectivity index (χ2n) is 4.01. The minimum absolute atomic E-state index is 0.0502. The molecule has 0 radical (unpaired) electrons. The normalized spacial score (nSPS) is 10.1. The molecule has 0 bridgehead atoms. The first kappa shape index (κ1) is 14.1. The van der Waals surface area contributed by atoms with Gasteiger partial charge in [-0.3, -0.25) is 4.79 Å². The van der Waals surface area contributed by atoms with Gasteiger partial charge in [0.25, 0.3) is 0 Å². The van der Waals surface area contributed by atoms with E-state index >= 15 is 0 Å². The highest BCUT2D eigenvalue weighted by molar-refractivity contribution is 7.08. The van der Waals surface area contributed by atoms with Gasteiger partial charge >= 0.3 is 6.09 Å². The second-order valence-corrected chi connectivity index (χ2v) is 4.79. The molecule has 0 fully saturated rings. The van der Waals surface area contributed by atoms with Crippen LogP contribution < -0.4 is 15.2 Å². The molecule has 1 heterocycles. The Bertz CT molecular complexity index is 622. The SMILES string of the molecule is COc1ccc(CC(=O)c2ccsc2)c(OC(N)=O)c1. The maximum absolute atomic E-state index is 12.1. The van der Waals surface area contributed by atoms with Crippen molar-refractivity contribution in [2.75, 3.05) is 7.11 Å². The third-order valence-electron chi connectivity index (χ3n) is 2.68. The fourth-order valence-corrected chi connectivity index (χ4v) is 2.37. The molecule has 0 atom stereocenters. The lowest BCUT2D eigenvalue weighted by Crippen LogP contribution is -2.17. The number of carbonyl (C=O) groups is 2. The van der Waals surface area contributed by atoms with Crippen LogP contribution in [0.25, 0.3) is 0 Å². The van der Waals surface area contributed by atoms with Crippen LogP contribution in [0.4, 0.5) is 4.79 Å². The third kappa shape index (κ3) is 3.36. The van der Waals surface area contributed by atoms with E-state index in [1.807, 2.05) is 5.38 Å². The number of methoxy groups -OCH3 is 1. The zero-order chi connectivity index (χ0) is 14.5. The molecule has 0 aliphatic heterocycles. The molecule has 0 unspecified atom stereocenters. The number of hydrogen-bond acceptors (Lipinski definition) is 5. The van der Waals surface area contributed by atoms with Crippen LogP contribution in [0.1, 0.15) is 15.9 Å². The summed E-state index contributed by atoms with van der Waals surface area (Å²) in [6.07, 6.45) is -0.800. The summed E-state index contributed by atoms with van der Waals surface area (Å²) in [5.74, 6) is 0.708. The van der Waals surface area contributed by atoms with E-state index in [9.17, 15) is 9.59 Å². The topological polar surface area (TPSA) is 78.6 Å². The van der Waals surface area contributed by atoms with Gasteiger partial charge in [-0.1, -0.05) is 6.07 Å². The van der Waals surface area contributed by atoms with Gasteiger partial charge in [0.2, 0.25) is 0 Å². The first-order valence-electron chi connectivity index (χ1n) is 5.79. The average molecular weight is 291 g/mol. The van der Waals surface area contributed by atoms with E-state index in [4.69, 9.17) is 15.2 Å². The van der Waals surface area contributed by atoms with E-state index in [0.29, 0.717) is 16.9 Å². The van der Waals surface area contributed by atoms with Gasteiger partial charge in [0, 0.05) is 29.0 Å². The Balaban J connectivity index is 2.26. The van der Waals surface area contributed by atoms with E-state index in [1.165, 1.54) is 24.5 Å². The Kier molecular flexibility index (Phi) is 4.37. The van der Waals surface area contributed by atoms with Crippen LogP contribution >= 0.6 is 11.3 Å². The van der Waals surface area contributed by atoms with Crippen LogP contribution in [0.2, 0.25) is 0 Å². The van der Waals surface area contributed by atoms with E-state index in [-0.39, 0.29) is 18.0 Å². The van der Waals surface area contributed by atoms with Crippen LogP contribution in [-0.4, -0.2) is 19.0 Å². The van der Waals surface area contributed by atoms with Crippen molar-refractivity contribution in [1.29, 1.82) is 0 Å². The number of primary amides is 1. The Morgan fingerprint density at radius 2 is 2.10 bits per heavy atom. The molecule has 0 spiro atoms. The lowest BCUT2D eigenvalue weighted by Gasteiger charge is -2.09. The molecule has 1 aromatic heterocycles. The summed E-state index contributed by atoms with van der Waals surface area (Å²) in [5.41, 5.74) is 6.24. The Morgan fingerprint density at radius 3 is 2.70 bits per heavy atom. The number of hydrogen-bond donors (Lipinski definition) is 1. The molecule has 20 heavy (non-hydrogen) atoms. The molecule has 2 rings (SSSR count). The molecule has 2 N–H and O–H groups in total. The molecule has 1 aromatic carbocycles. The Labute approximate surface area is 119 Å². The highest BCUT2D eigenvalue weighted by atomic mass is 32.1. The quantitative estimate of drug-likeness (QED) is 0.859. The van der Waals surface area contributed by atoms with Crippen LogP contribution in [0.15, 0.2) is 35.0 Å². The summed E-state index contributed by atoms with van der Waals surface area (Å²) in [6, 6.07) is 6.66. The fourth-order valence-electron chi connectivity index (χ4n) is 1.71. The van der Waals surface area contributed by atoms with Crippen molar-refractivity contribution >= 4 is 23.2 Å². The van der Waals surface area contributed by atoms with Crippen molar-refractivity contribution in [2.45, 2.75) is 6.42 Å². The summed E-state index contributed by atoms with van der Waals surface area (Å²) in [6.45, 7) is 0. The standard InChI is InChI=1S/C14H13NO4S/c1-18-11-3-2-9(13(7-11)19-14(15)17)6-12(16)10-4-5-20-8-10/h2-5,7-8H,6H2,1H3,(H2,15,17). The van der Waals surface area contributed by atoms with Gasteiger partial charge in [-0.05, 0) is 17.5 Å². The van der Waals surface area contributed by atoms with Gasteiger partial charge in [0.1, 0.15) is 11.5 Å². The lowest BCUT2D eigenvalue weighted by atomic mass is 10.0. The molecule has 6 heteroatoms. The smallest absolute Gasteiger partial charge is 0.409 e. The molecule has 0 saturated heterocycles. The number of benzene rings is 1. The van der Waals surface area contributed by atoms with E-state index in [1.54, 1.807) is 23.6 Å². The zero-order valence-corrected chi connectivity index (χ0v) is 11.6. The number of rotatable bonds is 5. The monoisotopic (exact) mass is 291 g/mol. The molecule has 0 aliphatic rings. The zero-order valence-electron chi connectivity index (χ0n) is 10.8. The lowest BCUT2D eigenvalue weighted by molar-refractivity contribution is 0.0992. The first-order chi connectivity index (χ1) is 9.60. The summed E-state index contributed by atoms with van der Waals surface area (Å²) in [4.78, 5) is 23.0. The van der Waals surface area contributed by atoms with Gasteiger partial charge in [0.05, 0.1) is 7.11 Å². The number of ketones is 1. The van der Waals surface area contributed by atoms with Crippen molar-refractivity contribution in [3.8, 4) is 11.5 Å². The minimum Gasteiger partial charge on any atom is -0.497 e. The largest absolute Gasteiger partial charge is 0.497 e. The van der Waals surface area contributed by atoms with Gasteiger partial charge < -0.3 is 15.2 Å². The molecule has 104 valence electrons. The summed E-state index contributed by atoms with van der Waals surface area (Å²) < 4.78 is 9.97. The highest BCUT2D eigenvalue weighted by Gasteiger charge is 2.14. The molecule has 5 nitrogen and oxygen atoms in total. The van der Waals surface area contributed by atoms with Gasteiger partial charge in [0.15, 0.2) is 5.78 Å². The maximum atomic E-state index is 12.1. The first-order valence-corrected chi connectivity index (χ1v) is 6.74. The summed E-state index contributed by atoms with van der Waals surface area (Å²) >= 11 is 1.45. The van der Waals surface area contributed by atoms with Crippen molar-refractivity contribution in [3.05, 3.63) is 46.2 Å². The van der Waals surface area contributed by atoms with Gasteiger partial charge in [-0.25, -0.2) is 4.79 Å². The van der Waals surface area contributed by atoms with Crippen LogP contribution in [-0.2, 0) is 6.42 Å². The molecular weight excluding hydrogens is 278 g/mol. The number of thiophene rings is 1. The van der Waals surface area contributed by atoms with Crippen LogP contribution in [0.5, 0.6) is 11.5 Å². The molecule has 0 saturated carbocycles. The van der Waals surface area contributed by atoms with Gasteiger partial charge in [-0.15, -0.1) is 0 Å². The number of carbonyl (C=O) groups excluding carboxylic acids is 2. The molecule has 0 aliphatic carbocycles. The predicted molar refractivity (Wildman–Crippen MR) is 75.6 cm³/mol. The highest BCUT2D eigenvalue weighted by Crippen LogP contribution is 2.26. The Hall–Kier alpha value is -2.34. The van der Waals surface area contributed by atoms with E-state index < -0.39 is 6.09 Å². The minimum atomic E-state index is -0.928. The predicted octanol–water partition coefficient (Wildman–Crippen LogP) is 2.64. The maximum Gasteiger partial charge on any atom is 0.409 e. The third-order valence-corrected chi connectivity index (χ3v) is 3.36. The van der Waals surface area contributed by atoms with Crippen LogP contribution in [0.3, 0.4) is 0 Å². The fraction of sp³-hybridized carbons (Fsp3) is 0.143. The van der Waals surface area contributed by atoms with Gasteiger partial charge in [-0.2, -0.15) is 11.3 Å². The van der Waals surface area contributed by atoms with E-state index in [2.05, 4.69) is 0 Å². The van der Waals surface area contributed by atoms with Crippen molar-refractivity contribution in [1.82, 2.24) is 0 Å². The number of nitrogens with two attached hydrogens (primary N) is 1. The van der Waals surface area contributed by atoms with Crippen LogP contribution in [0, 0.1) is 0 Å². The molecule has 2 aromatic rings. The van der Waals surface area contributed by atoms with E-state index in [0.717, 1.165) is 0 Å². The van der Waals surface area contributed by atoms with Crippen molar-refractivity contribution in [2.24, 2.45) is 5.73 Å².